The zero-order chi connectivity index (χ0) is 11.4. The summed E-state index contributed by atoms with van der Waals surface area (Å²) in [5.41, 5.74) is 0. The van der Waals surface area contributed by atoms with Crippen LogP contribution in [-0.2, 0) is 0 Å². The second-order valence-electron chi connectivity index (χ2n) is 5.79. The van der Waals surface area contributed by atoms with Gasteiger partial charge in [-0.05, 0) is 32.1 Å². The SMILES string of the molecule is CCC1CCCC(N2CCNC(C)C2)CC1. The molecule has 3 atom stereocenters. The fourth-order valence-corrected chi connectivity index (χ4v) is 3.43. The number of hydrogen-bond donors (Lipinski definition) is 1. The summed E-state index contributed by atoms with van der Waals surface area (Å²) in [7, 11) is 0. The minimum Gasteiger partial charge on any atom is -0.312 e. The Hall–Kier alpha value is -0.0800. The molecule has 2 heteroatoms. The van der Waals surface area contributed by atoms with E-state index in [1.165, 1.54) is 58.2 Å². The predicted octanol–water partition coefficient (Wildman–Crippen LogP) is 2.64. The smallest absolute Gasteiger partial charge is 0.0167 e. The van der Waals surface area contributed by atoms with Gasteiger partial charge in [-0.3, -0.25) is 4.90 Å². The van der Waals surface area contributed by atoms with Crippen LogP contribution in [0.25, 0.3) is 0 Å². The first kappa shape index (κ1) is 12.4. The molecule has 0 aromatic rings. The van der Waals surface area contributed by atoms with Crippen molar-refractivity contribution >= 4 is 0 Å². The number of hydrogen-bond acceptors (Lipinski definition) is 2. The molecule has 2 nitrogen and oxygen atoms in total. The molecule has 0 aromatic heterocycles. The van der Waals surface area contributed by atoms with Gasteiger partial charge in [0.2, 0.25) is 0 Å². The molecule has 0 bridgehead atoms. The van der Waals surface area contributed by atoms with Crippen LogP contribution in [0.3, 0.4) is 0 Å². The fraction of sp³-hybridized carbons (Fsp3) is 1.00. The highest BCUT2D eigenvalue weighted by molar-refractivity contribution is 4.83. The van der Waals surface area contributed by atoms with Crippen molar-refractivity contribution in [3.8, 4) is 0 Å². The lowest BCUT2D eigenvalue weighted by Crippen LogP contribution is -2.52. The molecule has 1 N–H and O–H groups in total. The molecule has 0 aromatic carbocycles. The van der Waals surface area contributed by atoms with E-state index in [-0.39, 0.29) is 0 Å². The molecule has 1 saturated carbocycles. The van der Waals surface area contributed by atoms with Gasteiger partial charge in [-0.15, -0.1) is 0 Å². The molecule has 0 radical (unpaired) electrons. The maximum absolute atomic E-state index is 3.54. The van der Waals surface area contributed by atoms with Crippen molar-refractivity contribution in [1.82, 2.24) is 10.2 Å². The molecule has 16 heavy (non-hydrogen) atoms. The van der Waals surface area contributed by atoms with E-state index in [1.807, 2.05) is 0 Å². The zero-order valence-corrected chi connectivity index (χ0v) is 11.0. The number of rotatable bonds is 2. The first-order valence-electron chi connectivity index (χ1n) is 7.27. The quantitative estimate of drug-likeness (QED) is 0.725. The lowest BCUT2D eigenvalue weighted by molar-refractivity contribution is 0.135. The summed E-state index contributed by atoms with van der Waals surface area (Å²) in [6.07, 6.45) is 8.70. The van der Waals surface area contributed by atoms with Crippen molar-refractivity contribution in [2.45, 2.75) is 64.5 Å². The second-order valence-corrected chi connectivity index (χ2v) is 5.79. The van der Waals surface area contributed by atoms with Gasteiger partial charge in [0.25, 0.3) is 0 Å². The molecule has 2 aliphatic rings. The summed E-state index contributed by atoms with van der Waals surface area (Å²) in [6.45, 7) is 8.40. The third-order valence-corrected chi connectivity index (χ3v) is 4.55. The zero-order valence-electron chi connectivity index (χ0n) is 11.0. The Morgan fingerprint density at radius 2 is 2.06 bits per heavy atom. The summed E-state index contributed by atoms with van der Waals surface area (Å²) >= 11 is 0. The van der Waals surface area contributed by atoms with Gasteiger partial charge in [0.05, 0.1) is 0 Å². The van der Waals surface area contributed by atoms with Crippen LogP contribution < -0.4 is 5.32 Å². The molecule has 2 fully saturated rings. The van der Waals surface area contributed by atoms with E-state index < -0.39 is 0 Å². The maximum atomic E-state index is 3.54. The highest BCUT2D eigenvalue weighted by atomic mass is 15.2. The minimum absolute atomic E-state index is 0.693. The van der Waals surface area contributed by atoms with Crippen LogP contribution in [0.15, 0.2) is 0 Å². The Balaban J connectivity index is 1.84. The van der Waals surface area contributed by atoms with Crippen LogP contribution in [0.4, 0.5) is 0 Å². The molecule has 0 spiro atoms. The predicted molar refractivity (Wildman–Crippen MR) is 69.7 cm³/mol. The monoisotopic (exact) mass is 224 g/mol. The molecule has 1 saturated heterocycles. The number of nitrogens with zero attached hydrogens (tertiary/aromatic N) is 1. The fourth-order valence-electron chi connectivity index (χ4n) is 3.43. The lowest BCUT2D eigenvalue weighted by Gasteiger charge is -2.37. The average Bonchev–Trinajstić information content (AvgIpc) is 2.54. The highest BCUT2D eigenvalue weighted by Gasteiger charge is 2.25. The normalized spacial score (nSPS) is 38.2. The summed E-state index contributed by atoms with van der Waals surface area (Å²) < 4.78 is 0. The van der Waals surface area contributed by atoms with E-state index in [1.54, 1.807) is 0 Å². The highest BCUT2D eigenvalue weighted by Crippen LogP contribution is 2.28. The van der Waals surface area contributed by atoms with Gasteiger partial charge in [-0.1, -0.05) is 26.2 Å². The molecule has 0 amide bonds. The number of nitrogens with one attached hydrogen (secondary N) is 1. The van der Waals surface area contributed by atoms with Crippen LogP contribution in [0, 0.1) is 5.92 Å². The molecular weight excluding hydrogens is 196 g/mol. The van der Waals surface area contributed by atoms with Gasteiger partial charge < -0.3 is 5.32 Å². The number of piperazine rings is 1. The first-order chi connectivity index (χ1) is 7.79. The Labute approximate surface area is 101 Å². The Bertz CT molecular complexity index is 205. The lowest BCUT2D eigenvalue weighted by atomic mass is 9.97. The summed E-state index contributed by atoms with van der Waals surface area (Å²) in [6, 6.07) is 1.58. The summed E-state index contributed by atoms with van der Waals surface area (Å²) in [4.78, 5) is 2.75. The van der Waals surface area contributed by atoms with E-state index >= 15 is 0 Å². The third kappa shape index (κ3) is 3.21. The van der Waals surface area contributed by atoms with Gasteiger partial charge in [0, 0.05) is 31.7 Å². The Morgan fingerprint density at radius 3 is 2.81 bits per heavy atom. The van der Waals surface area contributed by atoms with E-state index in [0.29, 0.717) is 6.04 Å². The van der Waals surface area contributed by atoms with Gasteiger partial charge in [0.15, 0.2) is 0 Å². The molecule has 3 unspecified atom stereocenters. The van der Waals surface area contributed by atoms with E-state index in [9.17, 15) is 0 Å². The van der Waals surface area contributed by atoms with Crippen LogP contribution in [0.1, 0.15) is 52.4 Å². The summed E-state index contributed by atoms with van der Waals surface area (Å²) in [5.74, 6) is 1.02. The minimum atomic E-state index is 0.693. The maximum Gasteiger partial charge on any atom is 0.0167 e. The van der Waals surface area contributed by atoms with Gasteiger partial charge in [-0.25, -0.2) is 0 Å². The van der Waals surface area contributed by atoms with Crippen LogP contribution in [0.2, 0.25) is 0 Å². The van der Waals surface area contributed by atoms with Gasteiger partial charge in [0.1, 0.15) is 0 Å². The van der Waals surface area contributed by atoms with E-state index in [0.717, 1.165) is 12.0 Å². The van der Waals surface area contributed by atoms with E-state index in [2.05, 4.69) is 24.1 Å². The van der Waals surface area contributed by atoms with Crippen molar-refractivity contribution in [1.29, 1.82) is 0 Å². The van der Waals surface area contributed by atoms with Gasteiger partial charge >= 0.3 is 0 Å². The average molecular weight is 224 g/mol. The van der Waals surface area contributed by atoms with E-state index in [4.69, 9.17) is 0 Å². The van der Waals surface area contributed by atoms with Crippen LogP contribution in [-0.4, -0.2) is 36.6 Å². The molecule has 1 aliphatic heterocycles. The van der Waals surface area contributed by atoms with Crippen LogP contribution in [0.5, 0.6) is 0 Å². The second kappa shape index (κ2) is 6.02. The standard InChI is InChI=1S/C14H28N2/c1-3-13-5-4-6-14(8-7-13)16-10-9-15-12(2)11-16/h12-15H,3-11H2,1-2H3. The third-order valence-electron chi connectivity index (χ3n) is 4.55. The summed E-state index contributed by atoms with van der Waals surface area (Å²) in [5, 5.41) is 3.54. The molecule has 94 valence electrons. The van der Waals surface area contributed by atoms with Crippen molar-refractivity contribution in [3.63, 3.8) is 0 Å². The van der Waals surface area contributed by atoms with Crippen LogP contribution >= 0.6 is 0 Å². The first-order valence-corrected chi connectivity index (χ1v) is 7.27. The van der Waals surface area contributed by atoms with Crippen molar-refractivity contribution in [2.24, 2.45) is 5.92 Å². The largest absolute Gasteiger partial charge is 0.312 e. The van der Waals surface area contributed by atoms with Crippen molar-refractivity contribution in [2.75, 3.05) is 19.6 Å². The molecular formula is C14H28N2. The Morgan fingerprint density at radius 1 is 1.19 bits per heavy atom. The van der Waals surface area contributed by atoms with Crippen molar-refractivity contribution < 1.29 is 0 Å². The molecule has 1 heterocycles. The van der Waals surface area contributed by atoms with Gasteiger partial charge in [-0.2, -0.15) is 0 Å². The molecule has 2 rings (SSSR count). The Kier molecular flexibility index (Phi) is 4.66. The van der Waals surface area contributed by atoms with Crippen molar-refractivity contribution in [3.05, 3.63) is 0 Å². The molecule has 1 aliphatic carbocycles. The topological polar surface area (TPSA) is 15.3 Å².